The van der Waals surface area contributed by atoms with E-state index in [0.717, 1.165) is 18.4 Å². The van der Waals surface area contributed by atoms with Crippen LogP contribution >= 0.6 is 0 Å². The summed E-state index contributed by atoms with van der Waals surface area (Å²) in [5.74, 6) is 0.785. The van der Waals surface area contributed by atoms with Crippen LogP contribution in [0.5, 0.6) is 0 Å². The van der Waals surface area contributed by atoms with Crippen molar-refractivity contribution in [2.45, 2.75) is 39.2 Å². The van der Waals surface area contributed by atoms with Crippen LogP contribution in [-0.4, -0.2) is 30.1 Å². The van der Waals surface area contributed by atoms with E-state index in [9.17, 15) is 0 Å². The zero-order valence-electron chi connectivity index (χ0n) is 10.1. The van der Waals surface area contributed by atoms with Gasteiger partial charge in [0.15, 0.2) is 0 Å². The smallest absolute Gasteiger partial charge is 0.377 e. The van der Waals surface area contributed by atoms with Crippen LogP contribution in [0, 0.1) is 5.92 Å². The van der Waals surface area contributed by atoms with E-state index in [4.69, 9.17) is 13.3 Å². The van der Waals surface area contributed by atoms with Gasteiger partial charge in [0.2, 0.25) is 0 Å². The molecule has 0 fully saturated rings. The molecule has 0 aromatic rings. The molecular weight excluding hydrogens is 196 g/mol. The van der Waals surface area contributed by atoms with Crippen molar-refractivity contribution in [1.82, 2.24) is 0 Å². The van der Waals surface area contributed by atoms with Gasteiger partial charge >= 0.3 is 8.80 Å². The fourth-order valence-electron chi connectivity index (χ4n) is 1.43. The van der Waals surface area contributed by atoms with Gasteiger partial charge in [0.25, 0.3) is 0 Å². The second kappa shape index (κ2) is 7.40. The molecule has 0 aliphatic rings. The SMILES string of the molecule is CCC(C)CCC[Si](OC)(OC)OC. The molecule has 0 radical (unpaired) electrons. The highest BCUT2D eigenvalue weighted by molar-refractivity contribution is 6.60. The first-order valence-electron chi connectivity index (χ1n) is 5.29. The Morgan fingerprint density at radius 2 is 1.57 bits per heavy atom. The average molecular weight is 220 g/mol. The fraction of sp³-hybridized carbons (Fsp3) is 1.00. The van der Waals surface area contributed by atoms with Crippen molar-refractivity contribution in [2.75, 3.05) is 21.3 Å². The summed E-state index contributed by atoms with van der Waals surface area (Å²) in [5.41, 5.74) is 0. The largest absolute Gasteiger partial charge is 0.500 e. The topological polar surface area (TPSA) is 27.7 Å². The first kappa shape index (κ1) is 14.1. The average Bonchev–Trinajstić information content (AvgIpc) is 2.25. The van der Waals surface area contributed by atoms with Crippen LogP contribution < -0.4 is 0 Å². The monoisotopic (exact) mass is 220 g/mol. The molecule has 3 nitrogen and oxygen atoms in total. The van der Waals surface area contributed by atoms with E-state index in [1.165, 1.54) is 12.8 Å². The number of hydrogen-bond donors (Lipinski definition) is 0. The van der Waals surface area contributed by atoms with Crippen molar-refractivity contribution >= 4 is 8.80 Å². The maximum absolute atomic E-state index is 5.35. The summed E-state index contributed by atoms with van der Waals surface area (Å²) in [6.45, 7) is 4.49. The van der Waals surface area contributed by atoms with Gasteiger partial charge in [0.1, 0.15) is 0 Å². The summed E-state index contributed by atoms with van der Waals surface area (Å²) in [7, 11) is 2.71. The molecule has 0 saturated heterocycles. The van der Waals surface area contributed by atoms with Crippen molar-refractivity contribution in [3.63, 3.8) is 0 Å². The molecule has 0 heterocycles. The summed E-state index contributed by atoms with van der Waals surface area (Å²) in [6.07, 6.45) is 3.58. The molecule has 0 aromatic heterocycles. The van der Waals surface area contributed by atoms with E-state index in [0.29, 0.717) is 0 Å². The highest BCUT2D eigenvalue weighted by atomic mass is 28.4. The van der Waals surface area contributed by atoms with Crippen molar-refractivity contribution < 1.29 is 13.3 Å². The minimum atomic E-state index is -2.30. The Bertz CT molecular complexity index is 129. The highest BCUT2D eigenvalue weighted by Crippen LogP contribution is 2.19. The normalized spacial score (nSPS) is 14.4. The van der Waals surface area contributed by atoms with E-state index < -0.39 is 8.80 Å². The summed E-state index contributed by atoms with van der Waals surface area (Å²) >= 11 is 0. The second-order valence-corrected chi connectivity index (χ2v) is 6.79. The molecule has 1 unspecified atom stereocenters. The van der Waals surface area contributed by atoms with Gasteiger partial charge < -0.3 is 13.3 Å². The van der Waals surface area contributed by atoms with Crippen molar-refractivity contribution in [3.8, 4) is 0 Å². The highest BCUT2D eigenvalue weighted by Gasteiger charge is 2.36. The van der Waals surface area contributed by atoms with Crippen LogP contribution in [0.25, 0.3) is 0 Å². The van der Waals surface area contributed by atoms with Gasteiger partial charge in [-0.3, -0.25) is 0 Å². The first-order valence-corrected chi connectivity index (χ1v) is 7.22. The lowest BCUT2D eigenvalue weighted by Gasteiger charge is -2.24. The van der Waals surface area contributed by atoms with Gasteiger partial charge in [-0.2, -0.15) is 0 Å². The minimum Gasteiger partial charge on any atom is -0.377 e. The molecule has 0 aromatic carbocycles. The molecule has 0 N–H and O–H groups in total. The maximum Gasteiger partial charge on any atom is 0.500 e. The van der Waals surface area contributed by atoms with Gasteiger partial charge in [-0.15, -0.1) is 0 Å². The molecule has 1 atom stereocenters. The Hall–Kier alpha value is 0.0969. The third-order valence-electron chi connectivity index (χ3n) is 2.81. The quantitative estimate of drug-likeness (QED) is 0.589. The lowest BCUT2D eigenvalue weighted by molar-refractivity contribution is 0.122. The Kier molecular flexibility index (Phi) is 7.45. The van der Waals surface area contributed by atoms with Crippen molar-refractivity contribution in [2.24, 2.45) is 5.92 Å². The summed E-state index contributed by atoms with van der Waals surface area (Å²) in [6, 6.07) is 0.918. The van der Waals surface area contributed by atoms with Crippen molar-refractivity contribution in [3.05, 3.63) is 0 Å². The first-order chi connectivity index (χ1) is 6.64. The molecule has 0 aliphatic heterocycles. The van der Waals surface area contributed by atoms with Gasteiger partial charge in [-0.25, -0.2) is 0 Å². The minimum absolute atomic E-state index is 0.785. The summed E-state index contributed by atoms with van der Waals surface area (Å²) in [5, 5.41) is 0. The van der Waals surface area contributed by atoms with Gasteiger partial charge in [-0.1, -0.05) is 26.7 Å². The van der Waals surface area contributed by atoms with Gasteiger partial charge in [0.05, 0.1) is 0 Å². The van der Waals surface area contributed by atoms with Crippen LogP contribution in [0.4, 0.5) is 0 Å². The Balaban J connectivity index is 3.82. The lowest BCUT2D eigenvalue weighted by Crippen LogP contribution is -2.42. The molecule has 86 valence electrons. The Labute approximate surface area is 89.1 Å². The van der Waals surface area contributed by atoms with E-state index in [-0.39, 0.29) is 0 Å². The lowest BCUT2D eigenvalue weighted by atomic mass is 10.0. The maximum atomic E-state index is 5.35. The Morgan fingerprint density at radius 3 is 1.93 bits per heavy atom. The Morgan fingerprint density at radius 1 is 1.07 bits per heavy atom. The van der Waals surface area contributed by atoms with E-state index >= 15 is 0 Å². The zero-order chi connectivity index (χ0) is 11.0. The molecule has 0 saturated carbocycles. The van der Waals surface area contributed by atoms with Crippen LogP contribution in [0.3, 0.4) is 0 Å². The number of hydrogen-bond acceptors (Lipinski definition) is 3. The molecule has 14 heavy (non-hydrogen) atoms. The zero-order valence-corrected chi connectivity index (χ0v) is 11.1. The summed E-state index contributed by atoms with van der Waals surface area (Å²) in [4.78, 5) is 0. The fourth-order valence-corrected chi connectivity index (χ4v) is 3.18. The predicted octanol–water partition coefficient (Wildman–Crippen LogP) is 2.69. The molecule has 0 aliphatic carbocycles. The van der Waals surface area contributed by atoms with Gasteiger partial charge in [-0.05, 0) is 12.3 Å². The van der Waals surface area contributed by atoms with E-state index in [2.05, 4.69) is 13.8 Å². The molecular formula is C10H24O3Si. The van der Waals surface area contributed by atoms with Crippen LogP contribution in [0.15, 0.2) is 0 Å². The van der Waals surface area contributed by atoms with E-state index in [1.807, 2.05) is 0 Å². The van der Waals surface area contributed by atoms with Crippen LogP contribution in [0.1, 0.15) is 33.1 Å². The number of rotatable bonds is 8. The van der Waals surface area contributed by atoms with Crippen LogP contribution in [-0.2, 0) is 13.3 Å². The predicted molar refractivity (Wildman–Crippen MR) is 60.3 cm³/mol. The molecule has 0 bridgehead atoms. The van der Waals surface area contributed by atoms with Gasteiger partial charge in [0, 0.05) is 27.4 Å². The molecule has 0 spiro atoms. The molecule has 0 amide bonds. The molecule has 0 rings (SSSR count). The van der Waals surface area contributed by atoms with Crippen molar-refractivity contribution in [1.29, 1.82) is 0 Å². The van der Waals surface area contributed by atoms with E-state index in [1.54, 1.807) is 21.3 Å². The third-order valence-corrected chi connectivity index (χ3v) is 5.64. The second-order valence-electron chi connectivity index (χ2n) is 3.70. The summed E-state index contributed by atoms with van der Waals surface area (Å²) < 4.78 is 16.0. The molecule has 4 heteroatoms. The van der Waals surface area contributed by atoms with Crippen LogP contribution in [0.2, 0.25) is 6.04 Å². The standard InChI is InChI=1S/C10H24O3Si/c1-6-10(2)8-7-9-14(11-3,12-4)13-5/h10H,6-9H2,1-5H3. The third kappa shape index (κ3) is 4.55.